The van der Waals surface area contributed by atoms with Crippen molar-refractivity contribution in [2.75, 3.05) is 36.0 Å². The number of oxime groups is 1. The Kier molecular flexibility index (Phi) is 5.25. The van der Waals surface area contributed by atoms with Gasteiger partial charge in [-0.25, -0.2) is 0 Å². The summed E-state index contributed by atoms with van der Waals surface area (Å²) in [6, 6.07) is 0.294. The van der Waals surface area contributed by atoms with Crippen molar-refractivity contribution in [3.8, 4) is 6.01 Å². The van der Waals surface area contributed by atoms with E-state index < -0.39 is 0 Å². The zero-order chi connectivity index (χ0) is 16.1. The second-order valence-corrected chi connectivity index (χ2v) is 6.44. The number of piperidine rings is 2. The SMILES string of the molecule is CC(C)=NOc1nc(N2CCCCC2)nc(N2CCCCC2)n1. The Morgan fingerprint density at radius 1 is 0.783 bits per heavy atom. The molecule has 1 aromatic heterocycles. The summed E-state index contributed by atoms with van der Waals surface area (Å²) in [5.41, 5.74) is 0.837. The summed E-state index contributed by atoms with van der Waals surface area (Å²) in [6.45, 7) is 7.77. The van der Waals surface area contributed by atoms with E-state index in [1.807, 2.05) is 13.8 Å². The first kappa shape index (κ1) is 16.0. The molecule has 7 heteroatoms. The average molecular weight is 318 g/mol. The van der Waals surface area contributed by atoms with Crippen LogP contribution in [0.5, 0.6) is 6.01 Å². The number of hydrogen-bond acceptors (Lipinski definition) is 7. The molecule has 2 aliphatic heterocycles. The molecule has 0 bridgehead atoms. The van der Waals surface area contributed by atoms with Crippen molar-refractivity contribution in [3.63, 3.8) is 0 Å². The van der Waals surface area contributed by atoms with Gasteiger partial charge in [0.2, 0.25) is 11.9 Å². The predicted octanol–water partition coefficient (Wildman–Crippen LogP) is 2.63. The van der Waals surface area contributed by atoms with Gasteiger partial charge in [-0.1, -0.05) is 5.16 Å². The molecule has 0 unspecified atom stereocenters. The molecule has 23 heavy (non-hydrogen) atoms. The molecule has 126 valence electrons. The number of hydrogen-bond donors (Lipinski definition) is 0. The summed E-state index contributed by atoms with van der Waals surface area (Å²) in [4.78, 5) is 23.5. The molecule has 0 saturated carbocycles. The molecule has 7 nitrogen and oxygen atoms in total. The van der Waals surface area contributed by atoms with E-state index in [-0.39, 0.29) is 0 Å². The smallest absolute Gasteiger partial charge is 0.341 e. The Hall–Kier alpha value is -1.92. The molecule has 3 rings (SSSR count). The molecule has 3 heterocycles. The first-order valence-corrected chi connectivity index (χ1v) is 8.66. The molecule has 1 aromatic rings. The van der Waals surface area contributed by atoms with Crippen LogP contribution >= 0.6 is 0 Å². The Morgan fingerprint density at radius 3 is 1.70 bits per heavy atom. The van der Waals surface area contributed by atoms with E-state index in [0.29, 0.717) is 6.01 Å². The fourth-order valence-corrected chi connectivity index (χ4v) is 2.98. The van der Waals surface area contributed by atoms with Gasteiger partial charge in [-0.05, 0) is 52.4 Å². The molecule has 2 aliphatic rings. The zero-order valence-corrected chi connectivity index (χ0v) is 14.2. The normalized spacial score (nSPS) is 18.7. The van der Waals surface area contributed by atoms with Crippen molar-refractivity contribution < 1.29 is 4.84 Å². The first-order chi connectivity index (χ1) is 11.2. The van der Waals surface area contributed by atoms with Gasteiger partial charge < -0.3 is 14.6 Å². The first-order valence-electron chi connectivity index (χ1n) is 8.66. The average Bonchev–Trinajstić information content (AvgIpc) is 2.61. The largest absolute Gasteiger partial charge is 0.352 e. The lowest BCUT2D eigenvalue weighted by atomic mass is 10.1. The van der Waals surface area contributed by atoms with Crippen molar-refractivity contribution in [1.29, 1.82) is 0 Å². The van der Waals surface area contributed by atoms with Gasteiger partial charge in [-0.2, -0.15) is 15.0 Å². The third kappa shape index (κ3) is 4.30. The van der Waals surface area contributed by atoms with E-state index in [9.17, 15) is 0 Å². The van der Waals surface area contributed by atoms with Gasteiger partial charge in [0.15, 0.2) is 0 Å². The number of aromatic nitrogens is 3. The summed E-state index contributed by atoms with van der Waals surface area (Å²) in [5.74, 6) is 1.44. The molecule has 0 N–H and O–H groups in total. The fraction of sp³-hybridized carbons (Fsp3) is 0.750. The molecule has 2 saturated heterocycles. The molecule has 0 aromatic carbocycles. The highest BCUT2D eigenvalue weighted by atomic mass is 16.6. The minimum Gasteiger partial charge on any atom is -0.341 e. The van der Waals surface area contributed by atoms with Crippen molar-refractivity contribution in [2.24, 2.45) is 5.16 Å². The predicted molar refractivity (Wildman–Crippen MR) is 91.4 cm³/mol. The lowest BCUT2D eigenvalue weighted by Gasteiger charge is -2.29. The van der Waals surface area contributed by atoms with Gasteiger partial charge in [0.05, 0.1) is 5.71 Å². The summed E-state index contributed by atoms with van der Waals surface area (Å²) >= 11 is 0. The topological polar surface area (TPSA) is 66.7 Å². The van der Waals surface area contributed by atoms with Crippen LogP contribution in [0.4, 0.5) is 11.9 Å². The van der Waals surface area contributed by atoms with Gasteiger partial charge >= 0.3 is 6.01 Å². The van der Waals surface area contributed by atoms with Crippen molar-refractivity contribution in [3.05, 3.63) is 0 Å². The molecule has 0 aliphatic carbocycles. The van der Waals surface area contributed by atoms with Gasteiger partial charge in [-0.3, -0.25) is 0 Å². The summed E-state index contributed by atoms with van der Waals surface area (Å²) in [5, 5.41) is 3.99. The van der Waals surface area contributed by atoms with Gasteiger partial charge in [0.25, 0.3) is 0 Å². The van der Waals surface area contributed by atoms with Crippen LogP contribution in [0.2, 0.25) is 0 Å². The summed E-state index contributed by atoms with van der Waals surface area (Å²) in [7, 11) is 0. The molecular formula is C16H26N6O. The maximum absolute atomic E-state index is 5.40. The summed E-state index contributed by atoms with van der Waals surface area (Å²) < 4.78 is 0. The van der Waals surface area contributed by atoms with Crippen LogP contribution in [-0.4, -0.2) is 46.8 Å². The highest BCUT2D eigenvalue weighted by Crippen LogP contribution is 2.23. The maximum Gasteiger partial charge on any atom is 0.352 e. The molecular weight excluding hydrogens is 292 g/mol. The van der Waals surface area contributed by atoms with Crippen LogP contribution in [0.25, 0.3) is 0 Å². The van der Waals surface area contributed by atoms with Gasteiger partial charge in [0, 0.05) is 26.2 Å². The van der Waals surface area contributed by atoms with E-state index in [0.717, 1.165) is 43.8 Å². The van der Waals surface area contributed by atoms with Crippen molar-refractivity contribution in [1.82, 2.24) is 15.0 Å². The summed E-state index contributed by atoms with van der Waals surface area (Å²) in [6.07, 6.45) is 7.31. The Bertz CT molecular complexity index is 509. The van der Waals surface area contributed by atoms with Crippen molar-refractivity contribution >= 4 is 17.6 Å². The van der Waals surface area contributed by atoms with Gasteiger partial charge in [-0.15, -0.1) is 0 Å². The standard InChI is InChI=1S/C16H26N6O/c1-13(2)20-23-16-18-14(21-9-5-3-6-10-21)17-15(19-16)22-11-7-4-8-12-22/h3-12H2,1-2H3. The molecule has 0 amide bonds. The van der Waals surface area contributed by atoms with E-state index >= 15 is 0 Å². The quantitative estimate of drug-likeness (QED) is 0.628. The third-order valence-electron chi connectivity index (χ3n) is 4.18. The third-order valence-corrected chi connectivity index (χ3v) is 4.18. The van der Waals surface area contributed by atoms with Crippen LogP contribution in [0.1, 0.15) is 52.4 Å². The van der Waals surface area contributed by atoms with Crippen LogP contribution < -0.4 is 14.6 Å². The molecule has 0 atom stereocenters. The minimum absolute atomic E-state index is 0.294. The molecule has 2 fully saturated rings. The lowest BCUT2D eigenvalue weighted by Crippen LogP contribution is -2.34. The molecule has 0 spiro atoms. The lowest BCUT2D eigenvalue weighted by molar-refractivity contribution is 0.310. The second kappa shape index (κ2) is 7.57. The van der Waals surface area contributed by atoms with E-state index in [4.69, 9.17) is 9.82 Å². The minimum atomic E-state index is 0.294. The Labute approximate surface area is 137 Å². The number of anilines is 2. The number of nitrogens with zero attached hydrogens (tertiary/aromatic N) is 6. The maximum atomic E-state index is 5.40. The Balaban J connectivity index is 1.87. The van der Waals surface area contributed by atoms with Crippen LogP contribution in [0, 0.1) is 0 Å². The van der Waals surface area contributed by atoms with Crippen LogP contribution in [-0.2, 0) is 0 Å². The highest BCUT2D eigenvalue weighted by molar-refractivity contribution is 5.78. The van der Waals surface area contributed by atoms with Gasteiger partial charge in [0.1, 0.15) is 0 Å². The second-order valence-electron chi connectivity index (χ2n) is 6.44. The monoisotopic (exact) mass is 318 g/mol. The van der Waals surface area contributed by atoms with E-state index in [1.54, 1.807) is 0 Å². The fourth-order valence-electron chi connectivity index (χ4n) is 2.98. The Morgan fingerprint density at radius 2 is 1.26 bits per heavy atom. The highest BCUT2D eigenvalue weighted by Gasteiger charge is 2.20. The van der Waals surface area contributed by atoms with E-state index in [2.05, 4.69) is 24.9 Å². The van der Waals surface area contributed by atoms with Crippen molar-refractivity contribution in [2.45, 2.75) is 52.4 Å². The zero-order valence-electron chi connectivity index (χ0n) is 14.2. The molecule has 0 radical (unpaired) electrons. The van der Waals surface area contributed by atoms with Crippen LogP contribution in [0.15, 0.2) is 5.16 Å². The van der Waals surface area contributed by atoms with Crippen LogP contribution in [0.3, 0.4) is 0 Å². The number of rotatable bonds is 4. The van der Waals surface area contributed by atoms with E-state index in [1.165, 1.54) is 38.5 Å².